The summed E-state index contributed by atoms with van der Waals surface area (Å²) in [6, 6.07) is 0. The van der Waals surface area contributed by atoms with E-state index >= 15 is 0 Å². The third-order valence-corrected chi connectivity index (χ3v) is 5.08. The van der Waals surface area contributed by atoms with Crippen LogP contribution < -0.4 is 5.32 Å². The van der Waals surface area contributed by atoms with E-state index in [1.165, 1.54) is 33.4 Å². The van der Waals surface area contributed by atoms with Gasteiger partial charge in [-0.15, -0.1) is 22.7 Å². The molecule has 0 atom stereocenters. The van der Waals surface area contributed by atoms with Gasteiger partial charge in [0.25, 0.3) is 0 Å². The molecule has 1 aliphatic carbocycles. The molecule has 0 radical (unpaired) electrons. The number of hydrogen-bond donors (Lipinski definition) is 1. The van der Waals surface area contributed by atoms with Gasteiger partial charge in [0, 0.05) is 28.4 Å². The van der Waals surface area contributed by atoms with Crippen LogP contribution in [0.3, 0.4) is 0 Å². The Bertz CT molecular complexity index is 540. The van der Waals surface area contributed by atoms with E-state index in [0.29, 0.717) is 0 Å². The SMILES string of the molecule is CNCc1sc(Cc2nc(C)cs2)nc1C1CC1. The topological polar surface area (TPSA) is 37.8 Å². The molecule has 0 aromatic carbocycles. The smallest absolute Gasteiger partial charge is 0.0999 e. The fraction of sp³-hybridized carbons (Fsp3) is 0.538. The standard InChI is InChI=1S/C13H17N3S2/c1-8-7-17-11(15-8)5-12-16-13(9-3-4-9)10(18-12)6-14-2/h7,9,14H,3-6H2,1-2H3. The van der Waals surface area contributed by atoms with Gasteiger partial charge >= 0.3 is 0 Å². The first-order chi connectivity index (χ1) is 8.76. The Hall–Kier alpha value is -0.780. The predicted molar refractivity (Wildman–Crippen MR) is 76.5 cm³/mol. The monoisotopic (exact) mass is 279 g/mol. The van der Waals surface area contributed by atoms with E-state index in [0.717, 1.165) is 24.6 Å². The van der Waals surface area contributed by atoms with Gasteiger partial charge in [0.1, 0.15) is 0 Å². The molecule has 2 aromatic rings. The zero-order chi connectivity index (χ0) is 12.5. The number of thiazole rings is 2. The minimum absolute atomic E-state index is 0.733. The van der Waals surface area contributed by atoms with Crippen molar-refractivity contribution >= 4 is 22.7 Å². The van der Waals surface area contributed by atoms with Gasteiger partial charge in [-0.05, 0) is 26.8 Å². The Morgan fingerprint density at radius 2 is 2.17 bits per heavy atom. The molecule has 0 saturated heterocycles. The van der Waals surface area contributed by atoms with E-state index in [1.54, 1.807) is 11.3 Å². The highest BCUT2D eigenvalue weighted by Crippen LogP contribution is 2.42. The molecule has 0 unspecified atom stereocenters. The van der Waals surface area contributed by atoms with Crippen LogP contribution in [0.2, 0.25) is 0 Å². The molecule has 1 fully saturated rings. The minimum Gasteiger partial charge on any atom is -0.315 e. The molecule has 3 nitrogen and oxygen atoms in total. The van der Waals surface area contributed by atoms with Crippen LogP contribution in [0, 0.1) is 6.92 Å². The predicted octanol–water partition coefficient (Wildman–Crippen LogP) is 3.10. The molecule has 0 amide bonds. The zero-order valence-corrected chi connectivity index (χ0v) is 12.3. The lowest BCUT2D eigenvalue weighted by Gasteiger charge is -1.97. The lowest BCUT2D eigenvalue weighted by molar-refractivity contribution is 0.812. The van der Waals surface area contributed by atoms with Crippen molar-refractivity contribution in [3.8, 4) is 0 Å². The van der Waals surface area contributed by atoms with Crippen LogP contribution in [0.15, 0.2) is 5.38 Å². The summed E-state index contributed by atoms with van der Waals surface area (Å²) >= 11 is 3.59. The average molecular weight is 279 g/mol. The summed E-state index contributed by atoms with van der Waals surface area (Å²) in [6.07, 6.45) is 3.53. The van der Waals surface area contributed by atoms with Crippen LogP contribution in [0.1, 0.15) is 45.0 Å². The molecule has 0 spiro atoms. The highest BCUT2D eigenvalue weighted by Gasteiger charge is 2.29. The van der Waals surface area contributed by atoms with Gasteiger partial charge in [-0.3, -0.25) is 0 Å². The molecule has 2 heterocycles. The van der Waals surface area contributed by atoms with E-state index in [4.69, 9.17) is 4.98 Å². The number of aryl methyl sites for hydroxylation is 1. The van der Waals surface area contributed by atoms with Crippen LogP contribution in [0.5, 0.6) is 0 Å². The van der Waals surface area contributed by atoms with Crippen molar-refractivity contribution in [2.45, 2.75) is 38.6 Å². The molecular formula is C13H17N3S2. The summed E-state index contributed by atoms with van der Waals surface area (Å²) in [4.78, 5) is 10.8. The highest BCUT2D eigenvalue weighted by atomic mass is 32.1. The number of hydrogen-bond acceptors (Lipinski definition) is 5. The lowest BCUT2D eigenvalue weighted by atomic mass is 10.2. The Balaban J connectivity index is 1.81. The second-order valence-electron chi connectivity index (χ2n) is 4.78. The summed E-state index contributed by atoms with van der Waals surface area (Å²) in [5, 5.41) is 7.76. The maximum absolute atomic E-state index is 4.84. The van der Waals surface area contributed by atoms with Crippen molar-refractivity contribution in [1.82, 2.24) is 15.3 Å². The molecule has 96 valence electrons. The molecule has 0 aliphatic heterocycles. The first-order valence-electron chi connectivity index (χ1n) is 6.30. The molecule has 18 heavy (non-hydrogen) atoms. The van der Waals surface area contributed by atoms with Crippen molar-refractivity contribution in [2.24, 2.45) is 0 Å². The maximum Gasteiger partial charge on any atom is 0.0999 e. The van der Waals surface area contributed by atoms with Crippen molar-refractivity contribution < 1.29 is 0 Å². The fourth-order valence-corrected chi connectivity index (χ4v) is 4.10. The summed E-state index contributed by atoms with van der Waals surface area (Å²) in [6.45, 7) is 2.99. The summed E-state index contributed by atoms with van der Waals surface area (Å²) in [5.41, 5.74) is 2.46. The quantitative estimate of drug-likeness (QED) is 0.914. The Labute approximate surface area is 115 Å². The first kappa shape index (κ1) is 12.3. The molecule has 1 N–H and O–H groups in total. The van der Waals surface area contributed by atoms with E-state index < -0.39 is 0 Å². The van der Waals surface area contributed by atoms with E-state index in [1.807, 2.05) is 25.3 Å². The van der Waals surface area contributed by atoms with Gasteiger partial charge in [0.05, 0.1) is 22.1 Å². The minimum atomic E-state index is 0.733. The zero-order valence-electron chi connectivity index (χ0n) is 10.7. The van der Waals surface area contributed by atoms with Gasteiger partial charge in [0.2, 0.25) is 0 Å². The first-order valence-corrected chi connectivity index (χ1v) is 8.00. The van der Waals surface area contributed by atoms with E-state index in [-0.39, 0.29) is 0 Å². The summed E-state index contributed by atoms with van der Waals surface area (Å²) in [7, 11) is 2.00. The van der Waals surface area contributed by atoms with Crippen molar-refractivity contribution in [3.05, 3.63) is 31.7 Å². The molecule has 1 aliphatic rings. The van der Waals surface area contributed by atoms with Crippen molar-refractivity contribution in [2.75, 3.05) is 7.05 Å². The van der Waals surface area contributed by atoms with E-state index in [2.05, 4.69) is 15.7 Å². The average Bonchev–Trinajstić information content (AvgIpc) is 3.00. The van der Waals surface area contributed by atoms with Crippen LogP contribution >= 0.6 is 22.7 Å². The number of rotatable bonds is 5. The fourth-order valence-electron chi connectivity index (χ4n) is 2.07. The van der Waals surface area contributed by atoms with Gasteiger partial charge < -0.3 is 5.32 Å². The Kier molecular flexibility index (Phi) is 3.46. The summed E-state index contributed by atoms with van der Waals surface area (Å²) in [5.74, 6) is 0.733. The highest BCUT2D eigenvalue weighted by molar-refractivity contribution is 7.12. The normalized spacial score (nSPS) is 15.2. The maximum atomic E-state index is 4.84. The van der Waals surface area contributed by atoms with E-state index in [9.17, 15) is 0 Å². The molecule has 1 saturated carbocycles. The van der Waals surface area contributed by atoms with Crippen LogP contribution in [0.4, 0.5) is 0 Å². The molecule has 0 bridgehead atoms. The Morgan fingerprint density at radius 3 is 2.78 bits per heavy atom. The number of nitrogens with zero attached hydrogens (tertiary/aromatic N) is 2. The molecule has 2 aromatic heterocycles. The number of nitrogens with one attached hydrogen (secondary N) is 1. The van der Waals surface area contributed by atoms with Crippen molar-refractivity contribution in [3.63, 3.8) is 0 Å². The Morgan fingerprint density at radius 1 is 1.33 bits per heavy atom. The van der Waals surface area contributed by atoms with Gasteiger partial charge in [0.15, 0.2) is 0 Å². The molecular weight excluding hydrogens is 262 g/mol. The van der Waals surface area contributed by atoms with Gasteiger partial charge in [-0.1, -0.05) is 0 Å². The van der Waals surface area contributed by atoms with Crippen LogP contribution in [0.25, 0.3) is 0 Å². The van der Waals surface area contributed by atoms with Gasteiger partial charge in [-0.2, -0.15) is 0 Å². The number of aromatic nitrogens is 2. The molecule has 5 heteroatoms. The van der Waals surface area contributed by atoms with Crippen LogP contribution in [-0.4, -0.2) is 17.0 Å². The molecule has 3 rings (SSSR count). The third-order valence-electron chi connectivity index (χ3n) is 3.04. The van der Waals surface area contributed by atoms with Gasteiger partial charge in [-0.25, -0.2) is 9.97 Å². The van der Waals surface area contributed by atoms with Crippen LogP contribution in [-0.2, 0) is 13.0 Å². The third kappa shape index (κ3) is 2.63. The lowest BCUT2D eigenvalue weighted by Crippen LogP contribution is -2.05. The summed E-state index contributed by atoms with van der Waals surface area (Å²) < 4.78 is 0. The second kappa shape index (κ2) is 5.07. The second-order valence-corrected chi connectivity index (χ2v) is 6.89. The van der Waals surface area contributed by atoms with Crippen molar-refractivity contribution in [1.29, 1.82) is 0 Å². The largest absolute Gasteiger partial charge is 0.315 e.